The van der Waals surface area contributed by atoms with Gasteiger partial charge in [0.2, 0.25) is 0 Å². The second-order valence-corrected chi connectivity index (χ2v) is 13.0. The Kier molecular flexibility index (Phi) is 12.2. The average molecular weight is 561 g/mol. The van der Waals surface area contributed by atoms with Crippen LogP contribution in [0.4, 0.5) is 4.79 Å². The molecule has 1 aromatic rings. The summed E-state index contributed by atoms with van der Waals surface area (Å²) < 4.78 is 17.4. The van der Waals surface area contributed by atoms with Crippen molar-refractivity contribution >= 4 is 25.9 Å². The molecule has 0 aliphatic carbocycles. The zero-order valence-corrected chi connectivity index (χ0v) is 25.7. The van der Waals surface area contributed by atoms with E-state index in [0.717, 1.165) is 11.1 Å². The molecule has 7 nitrogen and oxygen atoms in total. The molecular weight excluding hydrogens is 513 g/mol. The molecule has 1 heterocycles. The van der Waals surface area contributed by atoms with Crippen molar-refractivity contribution in [3.63, 3.8) is 0 Å². The van der Waals surface area contributed by atoms with E-state index in [9.17, 15) is 14.4 Å². The van der Waals surface area contributed by atoms with Crippen molar-refractivity contribution in [3.05, 3.63) is 35.4 Å². The molecule has 1 aliphatic rings. The van der Waals surface area contributed by atoms with Gasteiger partial charge in [-0.3, -0.25) is 0 Å². The molecular formula is C31H47NO6P+. The third-order valence-corrected chi connectivity index (χ3v) is 7.59. The number of aryl methyl sites for hydroxylation is 1. The number of benzene rings is 1. The van der Waals surface area contributed by atoms with Crippen LogP contribution in [0.5, 0.6) is 0 Å². The van der Waals surface area contributed by atoms with Gasteiger partial charge in [-0.05, 0) is 20.8 Å². The molecule has 1 fully saturated rings. The number of carbonyl (C=O) groups excluding carboxylic acids is 3. The second-order valence-electron chi connectivity index (χ2n) is 12.2. The number of hydrogen-bond acceptors (Lipinski definition) is 6. The van der Waals surface area contributed by atoms with E-state index < -0.39 is 29.2 Å². The van der Waals surface area contributed by atoms with Gasteiger partial charge in [-0.25, -0.2) is 0 Å². The molecule has 39 heavy (non-hydrogen) atoms. The van der Waals surface area contributed by atoms with Crippen LogP contribution in [0.3, 0.4) is 0 Å². The molecule has 1 aromatic carbocycles. The maximum absolute atomic E-state index is 13.5. The third kappa shape index (κ3) is 10.7. The molecule has 0 spiro atoms. The summed E-state index contributed by atoms with van der Waals surface area (Å²) in [6.45, 7) is 14.5. The van der Waals surface area contributed by atoms with Gasteiger partial charge in [0.1, 0.15) is 0 Å². The van der Waals surface area contributed by atoms with Gasteiger partial charge in [-0.2, -0.15) is 0 Å². The first-order valence-corrected chi connectivity index (χ1v) is 15.2. The molecule has 3 atom stereocenters. The molecule has 3 unspecified atom stereocenters. The first-order valence-electron chi connectivity index (χ1n) is 14.0. The van der Waals surface area contributed by atoms with Gasteiger partial charge in [0.15, 0.2) is 0 Å². The Hall–Kier alpha value is -2.20. The molecule has 0 aromatic heterocycles. The Morgan fingerprint density at radius 2 is 1.95 bits per heavy atom. The van der Waals surface area contributed by atoms with Gasteiger partial charge in [-0.1, -0.05) is 0 Å². The zero-order valence-electron chi connectivity index (χ0n) is 24.8. The van der Waals surface area contributed by atoms with E-state index in [2.05, 4.69) is 5.32 Å². The van der Waals surface area contributed by atoms with Crippen LogP contribution in [0, 0.1) is 19.0 Å². The number of ether oxygens (including phenoxy) is 3. The van der Waals surface area contributed by atoms with Crippen LogP contribution in [0.15, 0.2) is 24.3 Å². The number of cyclic esters (lactones) is 1. The van der Waals surface area contributed by atoms with Gasteiger partial charge in [0.25, 0.3) is 0 Å². The number of hydrogen-bond donors (Lipinski definition) is 1. The van der Waals surface area contributed by atoms with E-state index >= 15 is 0 Å². The molecule has 1 saturated heterocycles. The van der Waals surface area contributed by atoms with Crippen LogP contribution in [-0.4, -0.2) is 54.0 Å². The predicted octanol–water partition coefficient (Wildman–Crippen LogP) is 6.78. The van der Waals surface area contributed by atoms with E-state index in [1.807, 2.05) is 72.7 Å². The van der Waals surface area contributed by atoms with E-state index in [-0.39, 0.29) is 23.7 Å². The summed E-state index contributed by atoms with van der Waals surface area (Å²) in [6.07, 6.45) is 8.72. The van der Waals surface area contributed by atoms with Crippen molar-refractivity contribution in [2.75, 3.05) is 19.3 Å². The van der Waals surface area contributed by atoms with Crippen LogP contribution < -0.4 is 5.32 Å². The average Bonchev–Trinajstić information content (AvgIpc) is 2.81. The van der Waals surface area contributed by atoms with E-state index in [4.69, 9.17) is 20.3 Å². The number of ketones is 1. The molecule has 1 aliphatic heterocycles. The maximum atomic E-state index is 13.5. The van der Waals surface area contributed by atoms with E-state index in [1.165, 1.54) is 0 Å². The van der Waals surface area contributed by atoms with Crippen molar-refractivity contribution in [3.8, 4) is 6.13 Å². The van der Waals surface area contributed by atoms with Crippen molar-refractivity contribution in [1.82, 2.24) is 5.32 Å². The molecule has 216 valence electrons. The third-order valence-electron chi connectivity index (χ3n) is 7.11. The topological polar surface area (TPSA) is 90.9 Å². The molecule has 1 amide bonds. The molecule has 0 radical (unpaired) electrons. The molecule has 0 saturated carbocycles. The molecule has 0 bridgehead atoms. The molecule has 8 heteroatoms. The fraction of sp³-hybridized carbons (Fsp3) is 0.677. The van der Waals surface area contributed by atoms with Gasteiger partial charge in [-0.15, -0.1) is 0 Å². The van der Waals surface area contributed by atoms with E-state index in [1.54, 1.807) is 0 Å². The van der Waals surface area contributed by atoms with Crippen molar-refractivity contribution in [2.24, 2.45) is 5.92 Å². The number of esters is 1. The Morgan fingerprint density at radius 3 is 2.54 bits per heavy atom. The number of Topliss-reactive ketones (excluding diaryl/α,β-unsaturated/α-hetero) is 1. The minimum absolute atomic E-state index is 0.0834. The van der Waals surface area contributed by atoms with Crippen molar-refractivity contribution in [2.45, 2.75) is 110 Å². The number of rotatable bonds is 13. The number of amides is 1. The van der Waals surface area contributed by atoms with Gasteiger partial charge in [0, 0.05) is 0 Å². The standard InChI is InChI=1S/C31H46NO6P/c1-9-24(23-13-10-12-22(2)20-23)26-25(33)21-31(16-19-39-8,37-27(26)34)14-11-17-32-28(35)38-30(6,7)15-18-36-29(3,4)5/h8,10,12-13,20,24,26H,9,11,14-19,21H2,1-7H3/p+1. The number of carbonyl (C=O) groups is 3. The summed E-state index contributed by atoms with van der Waals surface area (Å²) in [5, 5.41) is 2.79. The SMILES string of the molecule is C#[P+]CCC1(CCCNC(=O)OC(C)(C)CCOC(C)(C)C)CC(=O)C(C(CC)c2cccc(C)c2)C(=O)O1. The van der Waals surface area contributed by atoms with Crippen molar-refractivity contribution < 1.29 is 28.6 Å². The first-order chi connectivity index (χ1) is 18.2. The summed E-state index contributed by atoms with van der Waals surface area (Å²) in [4.78, 5) is 39.2. The summed E-state index contributed by atoms with van der Waals surface area (Å²) >= 11 is 0. The Bertz CT molecular complexity index is 1020. The summed E-state index contributed by atoms with van der Waals surface area (Å²) in [5.41, 5.74) is 0.240. The van der Waals surface area contributed by atoms with Crippen LogP contribution in [-0.2, 0) is 23.8 Å². The quantitative estimate of drug-likeness (QED) is 0.124. The molecule has 1 N–H and O–H groups in total. The normalized spacial score (nSPS) is 20.7. The fourth-order valence-electron chi connectivity index (χ4n) is 5.04. The van der Waals surface area contributed by atoms with Crippen LogP contribution in [0.2, 0.25) is 0 Å². The number of alkyl carbamates (subject to hydrolysis) is 1. The fourth-order valence-corrected chi connectivity index (χ4v) is 5.58. The summed E-state index contributed by atoms with van der Waals surface area (Å²) in [6, 6.07) is 7.96. The van der Waals surface area contributed by atoms with Crippen LogP contribution >= 0.6 is 8.04 Å². The predicted molar refractivity (Wildman–Crippen MR) is 156 cm³/mol. The Morgan fingerprint density at radius 1 is 1.23 bits per heavy atom. The number of nitrogens with one attached hydrogen (secondary N) is 1. The van der Waals surface area contributed by atoms with Crippen LogP contribution in [0.25, 0.3) is 0 Å². The summed E-state index contributed by atoms with van der Waals surface area (Å²) in [7, 11) is 0.681. The Balaban J connectivity index is 1.97. The van der Waals surface area contributed by atoms with Crippen molar-refractivity contribution in [1.29, 1.82) is 0 Å². The van der Waals surface area contributed by atoms with Gasteiger partial charge < -0.3 is 4.74 Å². The minimum atomic E-state index is -0.906. The molecule has 2 rings (SSSR count). The van der Waals surface area contributed by atoms with Crippen LogP contribution in [0.1, 0.15) is 97.1 Å². The van der Waals surface area contributed by atoms with E-state index in [0.29, 0.717) is 59.5 Å². The Labute approximate surface area is 236 Å². The summed E-state index contributed by atoms with van der Waals surface area (Å²) in [5.74, 6) is -1.57. The zero-order chi connectivity index (χ0) is 29.3. The monoisotopic (exact) mass is 560 g/mol. The second kappa shape index (κ2) is 14.4. The van der Waals surface area contributed by atoms with Gasteiger partial charge in [0.05, 0.1) is 5.60 Å². The van der Waals surface area contributed by atoms with Gasteiger partial charge >= 0.3 is 205 Å². The first kappa shape index (κ1) is 33.0.